The van der Waals surface area contributed by atoms with E-state index >= 15 is 0 Å². The van der Waals surface area contributed by atoms with Gasteiger partial charge in [-0.15, -0.1) is 0 Å². The summed E-state index contributed by atoms with van der Waals surface area (Å²) in [6, 6.07) is 56.1. The highest BCUT2D eigenvalue weighted by atomic mass is 16.5. The van der Waals surface area contributed by atoms with E-state index in [2.05, 4.69) is 172 Å². The first-order valence-electron chi connectivity index (χ1n) is 16.7. The molecule has 9 aromatic rings. The number of anilines is 3. The molecule has 5 nitrogen and oxygen atoms in total. The van der Waals surface area contributed by atoms with Gasteiger partial charge in [0.15, 0.2) is 0 Å². The summed E-state index contributed by atoms with van der Waals surface area (Å²) in [6.45, 7) is 0.00445. The summed E-state index contributed by atoms with van der Waals surface area (Å²) >= 11 is 0. The van der Waals surface area contributed by atoms with Crippen LogP contribution in [0, 0.1) is 0 Å². The van der Waals surface area contributed by atoms with Crippen LogP contribution in [0.5, 0.6) is 11.5 Å². The highest BCUT2D eigenvalue weighted by molar-refractivity contribution is 6.99. The van der Waals surface area contributed by atoms with Gasteiger partial charge in [0.05, 0.1) is 27.8 Å². The molecule has 0 bridgehead atoms. The molecule has 7 aromatic carbocycles. The monoisotopic (exact) mass is 626 g/mol. The fourth-order valence-corrected chi connectivity index (χ4v) is 8.20. The van der Waals surface area contributed by atoms with E-state index in [1.54, 1.807) is 0 Å². The van der Waals surface area contributed by atoms with Gasteiger partial charge in [0.25, 0.3) is 6.71 Å². The summed E-state index contributed by atoms with van der Waals surface area (Å²) in [6.07, 6.45) is 1.96. The summed E-state index contributed by atoms with van der Waals surface area (Å²) < 4.78 is 11.7. The number of imidazole rings is 1. The van der Waals surface area contributed by atoms with Crippen molar-refractivity contribution in [1.29, 1.82) is 0 Å². The van der Waals surface area contributed by atoms with Crippen LogP contribution < -0.4 is 26.0 Å². The summed E-state index contributed by atoms with van der Waals surface area (Å²) in [5.74, 6) is 1.73. The predicted octanol–water partition coefficient (Wildman–Crippen LogP) is 8.53. The molecule has 0 fully saturated rings. The van der Waals surface area contributed by atoms with Crippen LogP contribution in [0.1, 0.15) is 0 Å². The van der Waals surface area contributed by atoms with Gasteiger partial charge in [0.2, 0.25) is 0 Å². The molecule has 6 heteroatoms. The van der Waals surface area contributed by atoms with Gasteiger partial charge in [-0.25, -0.2) is 4.98 Å². The highest BCUT2D eigenvalue weighted by Gasteiger charge is 2.40. The number of nitrogens with zero attached hydrogens (tertiary/aromatic N) is 4. The van der Waals surface area contributed by atoms with E-state index in [0.29, 0.717) is 0 Å². The van der Waals surface area contributed by atoms with Crippen molar-refractivity contribution in [2.24, 2.45) is 0 Å². The van der Waals surface area contributed by atoms with E-state index in [-0.39, 0.29) is 6.71 Å². The number of hydrogen-bond donors (Lipinski definition) is 0. The predicted molar refractivity (Wildman–Crippen MR) is 201 cm³/mol. The lowest BCUT2D eigenvalue weighted by molar-refractivity contribution is 0.487. The van der Waals surface area contributed by atoms with Crippen molar-refractivity contribution < 1.29 is 4.74 Å². The lowest BCUT2D eigenvalue weighted by Crippen LogP contribution is -2.58. The smallest absolute Gasteiger partial charge is 0.256 e. The Morgan fingerprint density at radius 3 is 1.94 bits per heavy atom. The maximum atomic E-state index is 7.06. The number of para-hydroxylation sites is 5. The molecule has 49 heavy (non-hydrogen) atoms. The molecule has 0 amide bonds. The normalized spacial score (nSPS) is 12.6. The Labute approximate surface area is 283 Å². The maximum Gasteiger partial charge on any atom is 0.256 e. The van der Waals surface area contributed by atoms with Crippen molar-refractivity contribution in [3.63, 3.8) is 0 Å². The Morgan fingerprint density at radius 1 is 0.551 bits per heavy atom. The maximum absolute atomic E-state index is 7.06. The van der Waals surface area contributed by atoms with E-state index in [0.717, 1.165) is 56.4 Å². The van der Waals surface area contributed by atoms with Crippen molar-refractivity contribution in [2.45, 2.75) is 0 Å². The minimum Gasteiger partial charge on any atom is -0.458 e. The number of rotatable bonds is 4. The summed E-state index contributed by atoms with van der Waals surface area (Å²) in [4.78, 5) is 7.17. The highest BCUT2D eigenvalue weighted by Crippen LogP contribution is 2.41. The first-order valence-corrected chi connectivity index (χ1v) is 16.7. The minimum absolute atomic E-state index is 0.00445. The molecule has 0 saturated carbocycles. The second-order valence-electron chi connectivity index (χ2n) is 12.8. The van der Waals surface area contributed by atoms with E-state index in [1.807, 2.05) is 6.33 Å². The molecule has 0 N–H and O–H groups in total. The molecule has 0 saturated heterocycles. The molecule has 11 rings (SSSR count). The van der Waals surface area contributed by atoms with Crippen LogP contribution >= 0.6 is 0 Å². The molecule has 0 aliphatic carbocycles. The Balaban J connectivity index is 1.17. The van der Waals surface area contributed by atoms with Crippen LogP contribution in [0.4, 0.5) is 17.1 Å². The summed E-state index contributed by atoms with van der Waals surface area (Å²) in [5, 5.41) is 2.48. The van der Waals surface area contributed by atoms with E-state index < -0.39 is 0 Å². The van der Waals surface area contributed by atoms with Crippen molar-refractivity contribution in [2.75, 3.05) is 4.90 Å². The molecule has 0 atom stereocenters. The van der Waals surface area contributed by atoms with Gasteiger partial charge in [0, 0.05) is 45.7 Å². The zero-order valence-electron chi connectivity index (χ0n) is 26.4. The Kier molecular flexibility index (Phi) is 5.41. The number of hydrogen-bond acceptors (Lipinski definition) is 3. The quantitative estimate of drug-likeness (QED) is 0.184. The van der Waals surface area contributed by atoms with Crippen LogP contribution in [0.3, 0.4) is 0 Å². The van der Waals surface area contributed by atoms with Gasteiger partial charge in [-0.05, 0) is 71.0 Å². The minimum atomic E-state index is 0.00445. The second-order valence-corrected chi connectivity index (χ2v) is 12.8. The third-order valence-electron chi connectivity index (χ3n) is 10.2. The largest absolute Gasteiger partial charge is 0.458 e. The average molecular weight is 627 g/mol. The SMILES string of the molecule is c1ccc(N(c2ccccc2)c2cc3c4c(c2)-n2cnc5cccc(c52)B4c2ccc(-n4c5ccccc5c5ccccc54)cc2O3)cc1. The standard InChI is InChI=1S/C43H27BN4O/c1-3-12-28(13-4-1)47(29-14-5-2-6-15-29)31-24-39-42-41(26-31)49-40-25-30(48-37-20-9-7-16-32(37)33-17-8-10-21-38(33)48)22-23-34(40)44(42)35-18-11-19-36-43(35)46(39)27-45-36/h1-27H. The Morgan fingerprint density at radius 2 is 1.22 bits per heavy atom. The number of ether oxygens (including phenoxy) is 1. The molecule has 0 spiro atoms. The fraction of sp³-hybridized carbons (Fsp3) is 0. The molecular weight excluding hydrogens is 599 g/mol. The Hall–Kier alpha value is -6.53. The van der Waals surface area contributed by atoms with Crippen molar-refractivity contribution >= 4 is 73.0 Å². The first-order chi connectivity index (χ1) is 24.3. The molecular formula is C43H27BN4O. The van der Waals surface area contributed by atoms with Crippen molar-refractivity contribution in [1.82, 2.24) is 14.1 Å². The van der Waals surface area contributed by atoms with E-state index in [1.165, 1.54) is 32.7 Å². The summed E-state index contributed by atoms with van der Waals surface area (Å²) in [7, 11) is 0. The molecule has 228 valence electrons. The van der Waals surface area contributed by atoms with Gasteiger partial charge >= 0.3 is 0 Å². The number of fused-ring (bicyclic) bond motifs is 7. The van der Waals surface area contributed by atoms with Crippen molar-refractivity contribution in [3.05, 3.63) is 164 Å². The lowest BCUT2D eigenvalue weighted by Gasteiger charge is -2.35. The van der Waals surface area contributed by atoms with Crippen LogP contribution in [-0.4, -0.2) is 20.8 Å². The zero-order valence-corrected chi connectivity index (χ0v) is 26.4. The molecule has 2 aromatic heterocycles. The van der Waals surface area contributed by atoms with Crippen molar-refractivity contribution in [3.8, 4) is 22.9 Å². The molecule has 0 unspecified atom stereocenters. The third-order valence-corrected chi connectivity index (χ3v) is 10.2. The van der Waals surface area contributed by atoms with Crippen LogP contribution in [0.2, 0.25) is 0 Å². The van der Waals surface area contributed by atoms with E-state index in [4.69, 9.17) is 9.72 Å². The van der Waals surface area contributed by atoms with Gasteiger partial charge < -0.3 is 14.2 Å². The van der Waals surface area contributed by atoms with Gasteiger partial charge in [-0.1, -0.05) is 91.0 Å². The van der Waals surface area contributed by atoms with Gasteiger partial charge in [-0.3, -0.25) is 4.57 Å². The van der Waals surface area contributed by atoms with Crippen LogP contribution in [0.25, 0.3) is 44.2 Å². The Bertz CT molecular complexity index is 2680. The number of benzene rings is 7. The first kappa shape index (κ1) is 26.5. The zero-order chi connectivity index (χ0) is 32.1. The van der Waals surface area contributed by atoms with Crippen LogP contribution in [-0.2, 0) is 0 Å². The lowest BCUT2D eigenvalue weighted by atomic mass is 9.34. The van der Waals surface area contributed by atoms with Gasteiger partial charge in [0.1, 0.15) is 17.8 Å². The van der Waals surface area contributed by atoms with Gasteiger partial charge in [-0.2, -0.15) is 0 Å². The molecule has 2 aliphatic heterocycles. The number of aromatic nitrogens is 3. The third kappa shape index (κ3) is 3.74. The van der Waals surface area contributed by atoms with Crippen LogP contribution in [0.15, 0.2) is 164 Å². The topological polar surface area (TPSA) is 35.2 Å². The van der Waals surface area contributed by atoms with E-state index in [9.17, 15) is 0 Å². The fourth-order valence-electron chi connectivity index (χ4n) is 8.20. The average Bonchev–Trinajstić information content (AvgIpc) is 3.74. The second kappa shape index (κ2) is 9.99. The molecule has 0 radical (unpaired) electrons. The summed E-state index contributed by atoms with van der Waals surface area (Å²) in [5.41, 5.74) is 13.4. The molecule has 4 heterocycles. The molecule has 2 aliphatic rings.